The second kappa shape index (κ2) is 7.83. The van der Waals surface area contributed by atoms with Gasteiger partial charge >= 0.3 is 0 Å². The Morgan fingerprint density at radius 3 is 2.42 bits per heavy atom. The molecule has 0 radical (unpaired) electrons. The van der Waals surface area contributed by atoms with E-state index in [2.05, 4.69) is 11.1 Å². The van der Waals surface area contributed by atoms with Crippen molar-refractivity contribution in [2.45, 2.75) is 18.7 Å². The van der Waals surface area contributed by atoms with Crippen LogP contribution in [0.25, 0.3) is 0 Å². The number of fused-ring (bicyclic) bond motifs is 3. The number of hydrazone groups is 1. The molecule has 5 rings (SSSR count). The van der Waals surface area contributed by atoms with E-state index < -0.39 is 6.23 Å². The molecule has 2 aliphatic heterocycles. The van der Waals surface area contributed by atoms with Gasteiger partial charge < -0.3 is 18.9 Å². The second-order valence-electron chi connectivity index (χ2n) is 7.36. The maximum atomic E-state index is 6.44. The molecule has 2 atom stereocenters. The average molecular weight is 417 g/mol. The van der Waals surface area contributed by atoms with Crippen molar-refractivity contribution in [1.82, 2.24) is 9.99 Å². The highest BCUT2D eigenvalue weighted by molar-refractivity contribution is 6.01. The van der Waals surface area contributed by atoms with E-state index in [1.165, 1.54) is 0 Å². The maximum Gasteiger partial charge on any atom is 0.214 e. The van der Waals surface area contributed by atoms with E-state index in [-0.39, 0.29) is 6.04 Å². The van der Waals surface area contributed by atoms with Gasteiger partial charge in [-0.1, -0.05) is 24.3 Å². The van der Waals surface area contributed by atoms with Crippen LogP contribution in [0.3, 0.4) is 0 Å². The molecule has 0 aliphatic carbocycles. The fraction of sp³-hybridized carbons (Fsp3) is 0.250. The first kappa shape index (κ1) is 19.2. The molecule has 0 bridgehead atoms. The van der Waals surface area contributed by atoms with Gasteiger partial charge in [0.25, 0.3) is 0 Å². The molecule has 3 aromatic rings. The predicted molar refractivity (Wildman–Crippen MR) is 116 cm³/mol. The van der Waals surface area contributed by atoms with Crippen LogP contribution in [-0.2, 0) is 0 Å². The summed E-state index contributed by atoms with van der Waals surface area (Å²) in [5.74, 6) is 2.55. The van der Waals surface area contributed by atoms with Gasteiger partial charge in [-0.15, -0.1) is 0 Å². The number of hydrogen-bond acceptors (Lipinski definition) is 7. The van der Waals surface area contributed by atoms with Gasteiger partial charge in [0.15, 0.2) is 11.5 Å². The number of benzene rings is 2. The summed E-state index contributed by atoms with van der Waals surface area (Å²) < 4.78 is 23.0. The van der Waals surface area contributed by atoms with Gasteiger partial charge in [0.2, 0.25) is 12.0 Å². The third kappa shape index (κ3) is 3.22. The van der Waals surface area contributed by atoms with Gasteiger partial charge in [-0.2, -0.15) is 5.10 Å². The molecule has 31 heavy (non-hydrogen) atoms. The fourth-order valence-electron chi connectivity index (χ4n) is 4.21. The van der Waals surface area contributed by atoms with Crippen LogP contribution in [0.2, 0.25) is 0 Å². The van der Waals surface area contributed by atoms with Crippen LogP contribution >= 0.6 is 0 Å². The number of methoxy groups -OCH3 is 3. The van der Waals surface area contributed by atoms with E-state index >= 15 is 0 Å². The number of nitrogens with zero attached hydrogens (tertiary/aromatic N) is 3. The molecular weight excluding hydrogens is 394 g/mol. The molecule has 7 heteroatoms. The topological polar surface area (TPSA) is 65.4 Å². The van der Waals surface area contributed by atoms with Crippen LogP contribution in [0.15, 0.2) is 66.0 Å². The lowest BCUT2D eigenvalue weighted by atomic mass is 9.96. The zero-order valence-corrected chi connectivity index (χ0v) is 17.6. The highest BCUT2D eigenvalue weighted by Gasteiger charge is 2.41. The standard InChI is InChI=1S/C24H23N3O4/c1-28-21-11-16(12-22(29-2)23(21)30-3)24-27-19(17-8-4-5-9-20(17)31-24)13-18(26-27)15-7-6-10-25-14-15/h4-12,14,19,24H,13H2,1-3H3/t19-,24+/m1/s1. The Bertz CT molecular complexity index is 1110. The summed E-state index contributed by atoms with van der Waals surface area (Å²) in [6, 6.07) is 16.0. The molecule has 0 fully saturated rings. The summed E-state index contributed by atoms with van der Waals surface area (Å²) in [5, 5.41) is 6.98. The van der Waals surface area contributed by atoms with E-state index in [1.807, 2.05) is 53.7 Å². The summed E-state index contributed by atoms with van der Waals surface area (Å²) in [6.45, 7) is 0. The molecule has 7 nitrogen and oxygen atoms in total. The first-order valence-electron chi connectivity index (χ1n) is 10.0. The number of rotatable bonds is 5. The minimum Gasteiger partial charge on any atom is -0.493 e. The Morgan fingerprint density at radius 1 is 0.968 bits per heavy atom. The maximum absolute atomic E-state index is 6.44. The van der Waals surface area contributed by atoms with E-state index in [0.29, 0.717) is 17.2 Å². The molecule has 158 valence electrons. The lowest BCUT2D eigenvalue weighted by molar-refractivity contribution is -0.0192. The third-order valence-corrected chi connectivity index (χ3v) is 5.67. The normalized spacial score (nSPS) is 19.1. The SMILES string of the molecule is COc1cc([C@@H]2Oc3ccccc3[C@H]3CC(c4cccnc4)=NN32)cc(OC)c1OC. The van der Waals surface area contributed by atoms with Gasteiger partial charge in [-0.3, -0.25) is 4.98 Å². The first-order valence-corrected chi connectivity index (χ1v) is 10.0. The lowest BCUT2D eigenvalue weighted by Crippen LogP contribution is -2.33. The number of pyridine rings is 1. The molecule has 0 N–H and O–H groups in total. The third-order valence-electron chi connectivity index (χ3n) is 5.67. The van der Waals surface area contributed by atoms with Crippen molar-refractivity contribution in [1.29, 1.82) is 0 Å². The Balaban J connectivity index is 1.62. The Morgan fingerprint density at radius 2 is 1.74 bits per heavy atom. The average Bonchev–Trinajstić information content (AvgIpc) is 3.29. The molecule has 1 aromatic heterocycles. The number of ether oxygens (including phenoxy) is 4. The van der Waals surface area contributed by atoms with Gasteiger partial charge in [-0.25, -0.2) is 5.01 Å². The number of aromatic nitrogens is 1. The quantitative estimate of drug-likeness (QED) is 0.615. The molecular formula is C24H23N3O4. The van der Waals surface area contributed by atoms with Gasteiger partial charge in [0.1, 0.15) is 5.75 Å². The number of hydrogen-bond donors (Lipinski definition) is 0. The second-order valence-corrected chi connectivity index (χ2v) is 7.36. The Kier molecular flexibility index (Phi) is 4.86. The summed E-state index contributed by atoms with van der Waals surface area (Å²) in [4.78, 5) is 4.26. The molecule has 3 heterocycles. The van der Waals surface area contributed by atoms with E-state index in [9.17, 15) is 0 Å². The molecule has 0 unspecified atom stereocenters. The van der Waals surface area contributed by atoms with Crippen molar-refractivity contribution in [3.05, 3.63) is 77.6 Å². The van der Waals surface area contributed by atoms with Crippen molar-refractivity contribution < 1.29 is 18.9 Å². The van der Waals surface area contributed by atoms with E-state index in [4.69, 9.17) is 24.0 Å². The summed E-state index contributed by atoms with van der Waals surface area (Å²) in [7, 11) is 4.80. The van der Waals surface area contributed by atoms with Crippen LogP contribution in [0.4, 0.5) is 0 Å². The lowest BCUT2D eigenvalue weighted by Gasteiger charge is -2.38. The number of para-hydroxylation sites is 1. The van der Waals surface area contributed by atoms with Gasteiger partial charge in [-0.05, 0) is 24.3 Å². The van der Waals surface area contributed by atoms with Gasteiger partial charge in [0, 0.05) is 35.5 Å². The van der Waals surface area contributed by atoms with Crippen LogP contribution in [0.5, 0.6) is 23.0 Å². The molecule has 0 spiro atoms. The Labute approximate surface area is 180 Å². The van der Waals surface area contributed by atoms with E-state index in [1.54, 1.807) is 27.5 Å². The summed E-state index contributed by atoms with van der Waals surface area (Å²) in [6.07, 6.45) is 3.94. The van der Waals surface area contributed by atoms with E-state index in [0.717, 1.165) is 34.6 Å². The van der Waals surface area contributed by atoms with Crippen LogP contribution in [-0.4, -0.2) is 37.0 Å². The molecule has 2 aromatic carbocycles. The van der Waals surface area contributed by atoms with Crippen molar-refractivity contribution in [3.8, 4) is 23.0 Å². The van der Waals surface area contributed by atoms with Crippen molar-refractivity contribution in [2.24, 2.45) is 5.10 Å². The van der Waals surface area contributed by atoms with Crippen molar-refractivity contribution >= 4 is 5.71 Å². The Hall–Kier alpha value is -3.74. The van der Waals surface area contributed by atoms with Crippen LogP contribution in [0, 0.1) is 0 Å². The molecule has 0 saturated heterocycles. The van der Waals surface area contributed by atoms with Crippen LogP contribution in [0.1, 0.15) is 35.4 Å². The molecule has 0 saturated carbocycles. The largest absolute Gasteiger partial charge is 0.493 e. The van der Waals surface area contributed by atoms with Gasteiger partial charge in [0.05, 0.1) is 33.1 Å². The molecule has 2 aliphatic rings. The highest BCUT2D eigenvalue weighted by Crippen LogP contribution is 2.49. The zero-order chi connectivity index (χ0) is 21.4. The summed E-state index contributed by atoms with van der Waals surface area (Å²) >= 11 is 0. The van der Waals surface area contributed by atoms with Crippen LogP contribution < -0.4 is 18.9 Å². The summed E-state index contributed by atoms with van der Waals surface area (Å²) in [5.41, 5.74) is 3.98. The zero-order valence-electron chi connectivity index (χ0n) is 17.6. The van der Waals surface area contributed by atoms with Crippen molar-refractivity contribution in [2.75, 3.05) is 21.3 Å². The first-order chi connectivity index (χ1) is 15.2. The smallest absolute Gasteiger partial charge is 0.214 e. The highest BCUT2D eigenvalue weighted by atomic mass is 16.5. The predicted octanol–water partition coefficient (Wildman–Crippen LogP) is 4.35. The minimum absolute atomic E-state index is 0.0595. The monoisotopic (exact) mass is 417 g/mol. The minimum atomic E-state index is -0.442. The van der Waals surface area contributed by atoms with Crippen molar-refractivity contribution in [3.63, 3.8) is 0 Å². The fourth-order valence-corrected chi connectivity index (χ4v) is 4.21. The molecule has 0 amide bonds.